The number of carbonyl (C=O) groups excluding carboxylic acids is 1. The van der Waals surface area contributed by atoms with E-state index in [1.807, 2.05) is 13.0 Å². The molecule has 2 aromatic rings. The second-order valence-electron chi connectivity index (χ2n) is 8.48. The van der Waals surface area contributed by atoms with Crippen molar-refractivity contribution in [1.29, 1.82) is 0 Å². The molecule has 2 aromatic carbocycles. The molecule has 1 heterocycles. The molecule has 0 aromatic heterocycles. The van der Waals surface area contributed by atoms with Crippen molar-refractivity contribution in [3.05, 3.63) is 53.3 Å². The first-order chi connectivity index (χ1) is 14.5. The Kier molecular flexibility index (Phi) is 5.69. The van der Waals surface area contributed by atoms with Gasteiger partial charge in [-0.05, 0) is 69.0 Å². The zero-order chi connectivity index (χ0) is 21.3. The summed E-state index contributed by atoms with van der Waals surface area (Å²) < 4.78 is 24.4. The van der Waals surface area contributed by atoms with E-state index in [0.717, 1.165) is 61.5 Å². The number of hydrogen-bond donors (Lipinski definition) is 1. The lowest BCUT2D eigenvalue weighted by Gasteiger charge is -2.33. The number of anilines is 1. The minimum atomic E-state index is -0.337. The van der Waals surface area contributed by atoms with Gasteiger partial charge in [-0.1, -0.05) is 12.1 Å². The molecule has 1 amide bonds. The van der Waals surface area contributed by atoms with Crippen LogP contribution < -0.4 is 14.8 Å². The van der Waals surface area contributed by atoms with E-state index in [1.54, 1.807) is 26.4 Å². The van der Waals surface area contributed by atoms with Gasteiger partial charge in [0.2, 0.25) is 5.91 Å². The fourth-order valence-corrected chi connectivity index (χ4v) is 4.82. The highest BCUT2D eigenvalue weighted by molar-refractivity contribution is 5.95. The van der Waals surface area contributed by atoms with E-state index in [2.05, 4.69) is 16.3 Å². The summed E-state index contributed by atoms with van der Waals surface area (Å²) in [6.07, 6.45) is 2.93. The fourth-order valence-electron chi connectivity index (χ4n) is 4.82. The molecule has 30 heavy (non-hydrogen) atoms. The monoisotopic (exact) mass is 412 g/mol. The number of amides is 1. The topological polar surface area (TPSA) is 50.8 Å². The largest absolute Gasteiger partial charge is 0.496 e. The SMILES string of the molecule is COc1ccc(CN2CCC3(CC2)C[C@H]3C(=O)Nc2cccc(F)c2)c(OC)c1C. The van der Waals surface area contributed by atoms with Crippen LogP contribution in [-0.2, 0) is 11.3 Å². The van der Waals surface area contributed by atoms with Crippen molar-refractivity contribution in [2.75, 3.05) is 32.6 Å². The summed E-state index contributed by atoms with van der Waals surface area (Å²) in [6, 6.07) is 10.1. The number of rotatable bonds is 6. The van der Waals surface area contributed by atoms with E-state index in [4.69, 9.17) is 9.47 Å². The Balaban J connectivity index is 1.34. The lowest BCUT2D eigenvalue weighted by Crippen LogP contribution is -2.36. The highest BCUT2D eigenvalue weighted by Crippen LogP contribution is 2.59. The Morgan fingerprint density at radius 1 is 1.20 bits per heavy atom. The van der Waals surface area contributed by atoms with E-state index in [0.29, 0.717) is 5.69 Å². The average Bonchev–Trinajstić information content (AvgIpc) is 3.44. The number of nitrogens with one attached hydrogen (secondary N) is 1. The molecule has 2 fully saturated rings. The first-order valence-corrected chi connectivity index (χ1v) is 10.4. The Labute approximate surface area is 177 Å². The molecule has 0 radical (unpaired) electrons. The van der Waals surface area contributed by atoms with Gasteiger partial charge in [0.1, 0.15) is 17.3 Å². The smallest absolute Gasteiger partial charge is 0.228 e. The van der Waals surface area contributed by atoms with Crippen molar-refractivity contribution in [2.45, 2.75) is 32.7 Å². The summed E-state index contributed by atoms with van der Waals surface area (Å²) in [6.45, 7) is 4.75. The summed E-state index contributed by atoms with van der Waals surface area (Å²) in [5.74, 6) is 1.42. The van der Waals surface area contributed by atoms with Gasteiger partial charge in [0.05, 0.1) is 14.2 Å². The van der Waals surface area contributed by atoms with Crippen molar-refractivity contribution in [1.82, 2.24) is 4.90 Å². The number of piperidine rings is 1. The van der Waals surface area contributed by atoms with Crippen LogP contribution in [-0.4, -0.2) is 38.1 Å². The number of likely N-dealkylation sites (tertiary alicyclic amines) is 1. The molecule has 1 N–H and O–H groups in total. The van der Waals surface area contributed by atoms with Crippen LogP contribution in [0.2, 0.25) is 0 Å². The Bertz CT molecular complexity index is 938. The highest BCUT2D eigenvalue weighted by Gasteiger charge is 2.58. The molecular weight excluding hydrogens is 383 g/mol. The molecule has 6 heteroatoms. The molecular formula is C24H29FN2O3. The molecule has 1 spiro atoms. The standard InChI is InChI=1S/C24H29FN2O3/c1-16-21(29-2)8-7-17(22(16)30-3)15-27-11-9-24(10-12-27)14-20(24)23(28)26-19-6-4-5-18(25)13-19/h4-8,13,20H,9-12,14-15H2,1-3H3,(H,26,28)/t20-/m0/s1. The third-order valence-corrected chi connectivity index (χ3v) is 6.71. The second kappa shape index (κ2) is 8.26. The van der Waals surface area contributed by atoms with Gasteiger partial charge in [0.15, 0.2) is 0 Å². The van der Waals surface area contributed by atoms with Gasteiger partial charge >= 0.3 is 0 Å². The van der Waals surface area contributed by atoms with Crippen LogP contribution >= 0.6 is 0 Å². The van der Waals surface area contributed by atoms with Gasteiger partial charge in [0.25, 0.3) is 0 Å². The zero-order valence-corrected chi connectivity index (χ0v) is 17.8. The van der Waals surface area contributed by atoms with Crippen molar-refractivity contribution >= 4 is 11.6 Å². The number of methoxy groups -OCH3 is 2. The number of halogens is 1. The molecule has 2 aliphatic rings. The lowest BCUT2D eigenvalue weighted by molar-refractivity contribution is -0.118. The minimum Gasteiger partial charge on any atom is -0.496 e. The molecule has 0 unspecified atom stereocenters. The molecule has 1 saturated carbocycles. The van der Waals surface area contributed by atoms with Crippen LogP contribution in [0.4, 0.5) is 10.1 Å². The third kappa shape index (κ3) is 4.01. The van der Waals surface area contributed by atoms with Crippen LogP contribution in [0.15, 0.2) is 36.4 Å². The van der Waals surface area contributed by atoms with Crippen LogP contribution in [0.3, 0.4) is 0 Å². The van der Waals surface area contributed by atoms with Crippen LogP contribution in [0.25, 0.3) is 0 Å². The number of ether oxygens (including phenoxy) is 2. The van der Waals surface area contributed by atoms with Crippen molar-refractivity contribution < 1.29 is 18.7 Å². The van der Waals surface area contributed by atoms with E-state index in [9.17, 15) is 9.18 Å². The second-order valence-corrected chi connectivity index (χ2v) is 8.48. The number of nitrogens with zero attached hydrogens (tertiary/aromatic N) is 1. The first-order valence-electron chi connectivity index (χ1n) is 10.4. The van der Waals surface area contributed by atoms with E-state index >= 15 is 0 Å². The Morgan fingerprint density at radius 3 is 2.63 bits per heavy atom. The van der Waals surface area contributed by atoms with Crippen molar-refractivity contribution in [2.24, 2.45) is 11.3 Å². The van der Waals surface area contributed by atoms with Crippen molar-refractivity contribution in [3.63, 3.8) is 0 Å². The molecule has 1 aliphatic carbocycles. The van der Waals surface area contributed by atoms with Gasteiger partial charge in [-0.3, -0.25) is 9.69 Å². The number of benzene rings is 2. The highest BCUT2D eigenvalue weighted by atomic mass is 19.1. The molecule has 1 saturated heterocycles. The summed E-state index contributed by atoms with van der Waals surface area (Å²) >= 11 is 0. The Hall–Kier alpha value is -2.60. The quantitative estimate of drug-likeness (QED) is 0.765. The van der Waals surface area contributed by atoms with Gasteiger partial charge in [-0.15, -0.1) is 0 Å². The predicted octanol–water partition coefficient (Wildman–Crippen LogP) is 4.39. The van der Waals surface area contributed by atoms with Crippen molar-refractivity contribution in [3.8, 4) is 11.5 Å². The maximum Gasteiger partial charge on any atom is 0.228 e. The maximum absolute atomic E-state index is 13.4. The molecule has 4 rings (SSSR count). The van der Waals surface area contributed by atoms with Gasteiger partial charge in [-0.2, -0.15) is 0 Å². The van der Waals surface area contributed by atoms with Crippen LogP contribution in [0.5, 0.6) is 11.5 Å². The predicted molar refractivity (Wildman–Crippen MR) is 114 cm³/mol. The fraction of sp³-hybridized carbons (Fsp3) is 0.458. The van der Waals surface area contributed by atoms with Crippen LogP contribution in [0, 0.1) is 24.1 Å². The summed E-state index contributed by atoms with van der Waals surface area (Å²) in [5.41, 5.74) is 2.81. The van der Waals surface area contributed by atoms with Gasteiger partial charge in [0, 0.05) is 29.3 Å². The average molecular weight is 413 g/mol. The third-order valence-electron chi connectivity index (χ3n) is 6.71. The Morgan fingerprint density at radius 2 is 1.97 bits per heavy atom. The molecule has 1 atom stereocenters. The lowest BCUT2D eigenvalue weighted by atomic mass is 9.90. The zero-order valence-electron chi connectivity index (χ0n) is 17.8. The van der Waals surface area contributed by atoms with Crippen LogP contribution in [0.1, 0.15) is 30.4 Å². The van der Waals surface area contributed by atoms with Gasteiger partial charge < -0.3 is 14.8 Å². The molecule has 5 nitrogen and oxygen atoms in total. The number of carbonyl (C=O) groups is 1. The first kappa shape index (κ1) is 20.7. The maximum atomic E-state index is 13.4. The normalized spacial score (nSPS) is 20.1. The number of hydrogen-bond acceptors (Lipinski definition) is 4. The minimum absolute atomic E-state index is 0.0153. The van der Waals surface area contributed by atoms with E-state index in [-0.39, 0.29) is 23.1 Å². The molecule has 0 bridgehead atoms. The molecule has 160 valence electrons. The van der Waals surface area contributed by atoms with Gasteiger partial charge in [-0.25, -0.2) is 4.39 Å². The van der Waals surface area contributed by atoms with E-state index < -0.39 is 0 Å². The summed E-state index contributed by atoms with van der Waals surface area (Å²) in [4.78, 5) is 15.1. The molecule has 1 aliphatic heterocycles. The summed E-state index contributed by atoms with van der Waals surface area (Å²) in [7, 11) is 3.37. The van der Waals surface area contributed by atoms with E-state index in [1.165, 1.54) is 12.1 Å². The summed E-state index contributed by atoms with van der Waals surface area (Å²) in [5, 5.41) is 2.88.